The van der Waals surface area contributed by atoms with Crippen LogP contribution in [0.15, 0.2) is 36.8 Å². The van der Waals surface area contributed by atoms with Gasteiger partial charge in [-0.2, -0.15) is 0 Å². The molecule has 2 saturated heterocycles. The fourth-order valence-electron chi connectivity index (χ4n) is 5.59. The highest BCUT2D eigenvalue weighted by Crippen LogP contribution is 2.47. The summed E-state index contributed by atoms with van der Waals surface area (Å²) in [4.78, 5) is 9.12. The molecule has 4 heterocycles. The van der Waals surface area contributed by atoms with Crippen LogP contribution in [0.2, 0.25) is 0 Å². The lowest BCUT2D eigenvalue weighted by atomic mass is 9.83. The van der Waals surface area contributed by atoms with E-state index in [1.54, 1.807) is 6.33 Å². The number of fused-ring (bicyclic) bond motifs is 3. The molecule has 0 N–H and O–H groups in total. The smallest absolute Gasteiger partial charge is 0.164 e. The lowest BCUT2D eigenvalue weighted by Crippen LogP contribution is -2.33. The highest BCUT2D eigenvalue weighted by Gasteiger charge is 2.57. The maximum atomic E-state index is 6.73. The fraction of sp³-hybridized carbons (Fsp3) is 0.538. The predicted octanol–water partition coefficient (Wildman–Crippen LogP) is 4.70. The zero-order valence-corrected chi connectivity index (χ0v) is 19.2. The Morgan fingerprint density at radius 3 is 2.66 bits per heavy atom. The summed E-state index contributed by atoms with van der Waals surface area (Å²) in [7, 11) is 0. The third-order valence-electron chi connectivity index (χ3n) is 7.33. The summed E-state index contributed by atoms with van der Waals surface area (Å²) in [6, 6.07) is 8.99. The van der Waals surface area contributed by atoms with Crippen LogP contribution in [0.3, 0.4) is 0 Å². The van der Waals surface area contributed by atoms with Crippen LogP contribution in [0.1, 0.15) is 68.6 Å². The van der Waals surface area contributed by atoms with Gasteiger partial charge in [0.2, 0.25) is 0 Å². The number of nitrogens with zero attached hydrogens (tertiary/aromatic N) is 3. The molecule has 0 bridgehead atoms. The third kappa shape index (κ3) is 3.11. The lowest BCUT2D eigenvalue weighted by molar-refractivity contribution is -0.198. The Labute approximate surface area is 188 Å². The van der Waals surface area contributed by atoms with Gasteiger partial charge in [0, 0.05) is 17.5 Å². The Morgan fingerprint density at radius 2 is 1.91 bits per heavy atom. The van der Waals surface area contributed by atoms with Gasteiger partial charge >= 0.3 is 0 Å². The molecular formula is C26H31N3O3. The molecule has 0 saturated carbocycles. The molecule has 1 aliphatic carbocycles. The third-order valence-corrected chi connectivity index (χ3v) is 7.33. The molecule has 3 aliphatic rings. The second kappa shape index (κ2) is 7.37. The van der Waals surface area contributed by atoms with E-state index < -0.39 is 5.79 Å². The normalized spacial score (nSPS) is 29.0. The van der Waals surface area contributed by atoms with Crippen LogP contribution in [0.25, 0.3) is 11.0 Å². The Hall–Kier alpha value is -2.28. The maximum Gasteiger partial charge on any atom is 0.164 e. The zero-order valence-electron chi connectivity index (χ0n) is 19.2. The van der Waals surface area contributed by atoms with Crippen LogP contribution < -0.4 is 0 Å². The summed E-state index contributed by atoms with van der Waals surface area (Å²) in [5, 5.41) is 1.09. The van der Waals surface area contributed by atoms with E-state index in [4.69, 9.17) is 14.2 Å². The van der Waals surface area contributed by atoms with Crippen LogP contribution in [-0.4, -0.2) is 38.6 Å². The van der Waals surface area contributed by atoms with E-state index >= 15 is 0 Å². The van der Waals surface area contributed by atoms with Gasteiger partial charge in [-0.3, -0.25) is 0 Å². The lowest BCUT2D eigenvalue weighted by Gasteiger charge is -2.29. The van der Waals surface area contributed by atoms with E-state index in [1.807, 2.05) is 13.8 Å². The van der Waals surface area contributed by atoms with Crippen LogP contribution in [-0.2, 0) is 33.5 Å². The summed E-state index contributed by atoms with van der Waals surface area (Å²) in [5.41, 5.74) is 6.25. The fourth-order valence-corrected chi connectivity index (χ4v) is 5.59. The van der Waals surface area contributed by atoms with E-state index in [1.165, 1.54) is 29.5 Å². The van der Waals surface area contributed by atoms with Crippen molar-refractivity contribution in [3.05, 3.63) is 59.2 Å². The second-order valence-corrected chi connectivity index (χ2v) is 9.90. The van der Waals surface area contributed by atoms with Gasteiger partial charge in [0.1, 0.15) is 24.2 Å². The highest BCUT2D eigenvalue weighted by atomic mass is 16.8. The standard InChI is InChI=1S/C26H31N3O3/c1-5-6-20-19-11-12-29(24(19)28-14-27-20)25-23-22(31-26(3,4)32-23)21(30-25)15(2)17-9-7-16-8-10-18(16)13-17/h7,9,11-15,21-23,25H,5-6,8,10H2,1-4H3/t15-,21-,22-,23-,25-/m1/s1. The van der Waals surface area contributed by atoms with Crippen LogP contribution in [0, 0.1) is 0 Å². The van der Waals surface area contributed by atoms with Crippen LogP contribution >= 0.6 is 0 Å². The molecule has 0 spiro atoms. The largest absolute Gasteiger partial charge is 0.348 e. The van der Waals surface area contributed by atoms with Gasteiger partial charge < -0.3 is 18.8 Å². The summed E-state index contributed by atoms with van der Waals surface area (Å²) < 4.78 is 21.6. The molecule has 5 atom stereocenters. The summed E-state index contributed by atoms with van der Waals surface area (Å²) in [6.45, 7) is 8.40. The van der Waals surface area contributed by atoms with Crippen molar-refractivity contribution in [2.45, 2.75) is 89.6 Å². The first-order chi connectivity index (χ1) is 15.4. The van der Waals surface area contributed by atoms with Crippen molar-refractivity contribution in [1.29, 1.82) is 0 Å². The molecule has 0 radical (unpaired) electrons. The quantitative estimate of drug-likeness (QED) is 0.584. The first-order valence-electron chi connectivity index (χ1n) is 11.9. The molecule has 32 heavy (non-hydrogen) atoms. The minimum absolute atomic E-state index is 0.0979. The van der Waals surface area contributed by atoms with Crippen LogP contribution in [0.4, 0.5) is 0 Å². The first kappa shape index (κ1) is 20.3. The first-order valence-corrected chi connectivity index (χ1v) is 11.9. The molecular weight excluding hydrogens is 402 g/mol. The molecule has 6 nitrogen and oxygen atoms in total. The van der Waals surface area contributed by atoms with Gasteiger partial charge in [0.05, 0.1) is 11.8 Å². The van der Waals surface area contributed by atoms with Gasteiger partial charge in [-0.1, -0.05) is 38.5 Å². The van der Waals surface area contributed by atoms with E-state index in [0.717, 1.165) is 29.6 Å². The van der Waals surface area contributed by atoms with Gasteiger partial charge in [-0.15, -0.1) is 0 Å². The Bertz CT molecular complexity index is 1170. The number of hydrogen-bond donors (Lipinski definition) is 0. The number of benzene rings is 1. The van der Waals surface area contributed by atoms with Crippen molar-refractivity contribution in [3.63, 3.8) is 0 Å². The minimum atomic E-state index is -0.638. The number of aryl methyl sites for hydroxylation is 3. The topological polar surface area (TPSA) is 58.4 Å². The Morgan fingerprint density at radius 1 is 1.09 bits per heavy atom. The van der Waals surface area contributed by atoms with Crippen molar-refractivity contribution < 1.29 is 14.2 Å². The van der Waals surface area contributed by atoms with Crippen LogP contribution in [0.5, 0.6) is 0 Å². The average Bonchev–Trinajstić information content (AvgIpc) is 3.40. The monoisotopic (exact) mass is 433 g/mol. The Balaban J connectivity index is 1.37. The molecule has 0 unspecified atom stereocenters. The van der Waals surface area contributed by atoms with Crippen molar-refractivity contribution in [2.24, 2.45) is 0 Å². The van der Waals surface area contributed by atoms with Gasteiger partial charge in [-0.25, -0.2) is 9.97 Å². The summed E-state index contributed by atoms with van der Waals surface area (Å²) >= 11 is 0. The molecule has 2 aromatic heterocycles. The SMILES string of the molecule is CCCc1ncnc2c1ccn2[C@@H]1O[C@H]([C@H](C)c2ccc3c(c2)CC3)[C@H]2OC(C)(C)O[C@H]21. The van der Waals surface area contributed by atoms with E-state index in [0.29, 0.717) is 0 Å². The van der Waals surface area contributed by atoms with Gasteiger partial charge in [0.25, 0.3) is 0 Å². The summed E-state index contributed by atoms with van der Waals surface area (Å²) in [5.74, 6) is -0.441. The van der Waals surface area contributed by atoms with Gasteiger partial charge in [0.15, 0.2) is 12.0 Å². The molecule has 168 valence electrons. The van der Waals surface area contributed by atoms with Crippen molar-refractivity contribution >= 4 is 11.0 Å². The molecule has 6 rings (SSSR count). The molecule has 1 aromatic carbocycles. The van der Waals surface area contributed by atoms with E-state index in [-0.39, 0.29) is 30.5 Å². The molecule has 0 amide bonds. The average molecular weight is 434 g/mol. The number of rotatable bonds is 5. The van der Waals surface area contributed by atoms with Crippen molar-refractivity contribution in [3.8, 4) is 0 Å². The second-order valence-electron chi connectivity index (χ2n) is 9.90. The van der Waals surface area contributed by atoms with E-state index in [2.05, 4.69) is 58.8 Å². The number of hydrogen-bond acceptors (Lipinski definition) is 5. The molecule has 2 fully saturated rings. The maximum absolute atomic E-state index is 6.73. The zero-order chi connectivity index (χ0) is 22.0. The van der Waals surface area contributed by atoms with E-state index in [9.17, 15) is 0 Å². The molecule has 2 aliphatic heterocycles. The number of aromatic nitrogens is 3. The molecule has 6 heteroatoms. The Kier molecular flexibility index (Phi) is 4.68. The van der Waals surface area contributed by atoms with Crippen molar-refractivity contribution in [1.82, 2.24) is 14.5 Å². The predicted molar refractivity (Wildman–Crippen MR) is 122 cm³/mol. The number of ether oxygens (including phenoxy) is 3. The summed E-state index contributed by atoms with van der Waals surface area (Å²) in [6.07, 6.45) is 7.37. The van der Waals surface area contributed by atoms with Gasteiger partial charge in [-0.05, 0) is 55.9 Å². The van der Waals surface area contributed by atoms with Crippen molar-refractivity contribution in [2.75, 3.05) is 0 Å². The highest BCUT2D eigenvalue weighted by molar-refractivity contribution is 5.78. The molecule has 3 aromatic rings. The minimum Gasteiger partial charge on any atom is -0.348 e.